The second kappa shape index (κ2) is 5.03. The summed E-state index contributed by atoms with van der Waals surface area (Å²) in [5.41, 5.74) is 0.404. The van der Waals surface area contributed by atoms with Crippen molar-refractivity contribution in [3.63, 3.8) is 0 Å². The van der Waals surface area contributed by atoms with Crippen molar-refractivity contribution >= 4 is 21.1 Å². The molecule has 18 heavy (non-hydrogen) atoms. The number of aromatic nitrogens is 3. The predicted octanol–water partition coefficient (Wildman–Crippen LogP) is 1.28. The molecule has 0 aliphatic carbocycles. The summed E-state index contributed by atoms with van der Waals surface area (Å²) >= 11 is 0. The Balaban J connectivity index is 2.30. The summed E-state index contributed by atoms with van der Waals surface area (Å²) in [7, 11) is -3.56. The number of hydrogen-bond acceptors (Lipinski definition) is 4. The third-order valence-corrected chi connectivity index (χ3v) is 4.28. The largest absolute Gasteiger partial charge is 0.263 e. The minimum absolute atomic E-state index is 0.0777. The minimum atomic E-state index is -3.56. The molecule has 6 nitrogen and oxygen atoms in total. The van der Waals surface area contributed by atoms with Gasteiger partial charge in [-0.2, -0.15) is 5.10 Å². The van der Waals surface area contributed by atoms with Crippen molar-refractivity contribution < 1.29 is 8.42 Å². The molecule has 1 unspecified atom stereocenters. The second-order valence-electron chi connectivity index (χ2n) is 4.29. The summed E-state index contributed by atoms with van der Waals surface area (Å²) < 4.78 is 26.8. The average Bonchev–Trinajstić information content (AvgIpc) is 2.80. The van der Waals surface area contributed by atoms with Crippen LogP contribution in [0.15, 0.2) is 23.4 Å². The molecule has 0 saturated heterocycles. The van der Waals surface area contributed by atoms with Crippen LogP contribution in [-0.2, 0) is 10.0 Å². The van der Waals surface area contributed by atoms with Gasteiger partial charge in [0.15, 0.2) is 10.7 Å². The van der Waals surface area contributed by atoms with Crippen LogP contribution in [0.25, 0.3) is 11.0 Å². The van der Waals surface area contributed by atoms with E-state index in [9.17, 15) is 8.42 Å². The van der Waals surface area contributed by atoms with E-state index < -0.39 is 10.0 Å². The zero-order valence-electron chi connectivity index (χ0n) is 10.3. The molecule has 0 bridgehead atoms. The van der Waals surface area contributed by atoms with E-state index in [2.05, 4.69) is 19.9 Å². The first-order valence-electron chi connectivity index (χ1n) is 5.83. The number of nitrogens with zero attached hydrogens (tertiary/aromatic N) is 2. The van der Waals surface area contributed by atoms with Gasteiger partial charge in [-0.3, -0.25) is 5.10 Å². The predicted molar refractivity (Wildman–Crippen MR) is 68.5 cm³/mol. The average molecular weight is 268 g/mol. The first kappa shape index (κ1) is 13.0. The molecule has 0 aliphatic rings. The number of pyridine rings is 1. The van der Waals surface area contributed by atoms with Crippen molar-refractivity contribution in [3.05, 3.63) is 18.3 Å². The molecule has 0 aromatic carbocycles. The maximum Gasteiger partial charge on any atom is 0.258 e. The van der Waals surface area contributed by atoms with Gasteiger partial charge in [0.2, 0.25) is 0 Å². The van der Waals surface area contributed by atoms with Gasteiger partial charge < -0.3 is 0 Å². The van der Waals surface area contributed by atoms with E-state index in [0.717, 1.165) is 6.42 Å². The van der Waals surface area contributed by atoms with Crippen molar-refractivity contribution in [3.8, 4) is 0 Å². The van der Waals surface area contributed by atoms with E-state index in [4.69, 9.17) is 0 Å². The number of hydrogen-bond donors (Lipinski definition) is 2. The Morgan fingerprint density at radius 1 is 1.50 bits per heavy atom. The normalized spacial score (nSPS) is 13.9. The molecule has 1 atom stereocenters. The summed E-state index contributed by atoms with van der Waals surface area (Å²) in [6.07, 6.45) is 2.50. The molecule has 2 heterocycles. The van der Waals surface area contributed by atoms with E-state index in [-0.39, 0.29) is 5.03 Å². The van der Waals surface area contributed by atoms with Gasteiger partial charge in [-0.15, -0.1) is 0 Å². The van der Waals surface area contributed by atoms with Gasteiger partial charge in [-0.25, -0.2) is 18.1 Å². The number of H-pyrrole nitrogens is 1. The van der Waals surface area contributed by atoms with Crippen LogP contribution in [0.1, 0.15) is 20.3 Å². The summed E-state index contributed by atoms with van der Waals surface area (Å²) in [6, 6.07) is 3.37. The molecule has 0 spiro atoms. The third kappa shape index (κ3) is 2.51. The van der Waals surface area contributed by atoms with E-state index >= 15 is 0 Å². The van der Waals surface area contributed by atoms with Gasteiger partial charge >= 0.3 is 0 Å². The number of aromatic amines is 1. The van der Waals surface area contributed by atoms with Crippen molar-refractivity contribution in [2.45, 2.75) is 25.3 Å². The minimum Gasteiger partial charge on any atom is -0.263 e. The van der Waals surface area contributed by atoms with Crippen LogP contribution in [0.2, 0.25) is 0 Å². The Labute approximate surface area is 106 Å². The lowest BCUT2D eigenvalue weighted by Crippen LogP contribution is -2.28. The highest BCUT2D eigenvalue weighted by Gasteiger charge is 2.20. The van der Waals surface area contributed by atoms with E-state index in [1.807, 2.05) is 13.8 Å². The van der Waals surface area contributed by atoms with Gasteiger partial charge in [0.25, 0.3) is 10.0 Å². The lowest BCUT2D eigenvalue weighted by Gasteiger charge is -2.09. The van der Waals surface area contributed by atoms with Crippen molar-refractivity contribution in [1.82, 2.24) is 19.9 Å². The molecule has 2 aromatic heterocycles. The molecule has 2 N–H and O–H groups in total. The highest BCUT2D eigenvalue weighted by Crippen LogP contribution is 2.17. The monoisotopic (exact) mass is 268 g/mol. The number of fused-ring (bicyclic) bond motifs is 1. The van der Waals surface area contributed by atoms with Gasteiger partial charge in [0.05, 0.1) is 5.39 Å². The maximum absolute atomic E-state index is 12.1. The zero-order valence-corrected chi connectivity index (χ0v) is 11.2. The summed E-state index contributed by atoms with van der Waals surface area (Å²) in [4.78, 5) is 3.99. The Morgan fingerprint density at radius 3 is 3.00 bits per heavy atom. The summed E-state index contributed by atoms with van der Waals surface area (Å²) in [5, 5.41) is 7.00. The first-order chi connectivity index (χ1) is 8.54. The number of sulfonamides is 1. The molecular formula is C11H16N4O2S. The highest BCUT2D eigenvalue weighted by molar-refractivity contribution is 7.89. The topological polar surface area (TPSA) is 87.7 Å². The Bertz CT molecular complexity index is 635. The first-order valence-corrected chi connectivity index (χ1v) is 7.31. The Morgan fingerprint density at radius 2 is 2.28 bits per heavy atom. The molecule has 2 aromatic rings. The van der Waals surface area contributed by atoms with Gasteiger partial charge in [0, 0.05) is 12.7 Å². The molecule has 0 amide bonds. The van der Waals surface area contributed by atoms with E-state index in [1.165, 1.54) is 0 Å². The zero-order chi connectivity index (χ0) is 13.2. The number of nitrogens with one attached hydrogen (secondary N) is 2. The van der Waals surface area contributed by atoms with Crippen LogP contribution in [0.3, 0.4) is 0 Å². The van der Waals surface area contributed by atoms with E-state index in [1.54, 1.807) is 18.3 Å². The highest BCUT2D eigenvalue weighted by atomic mass is 32.2. The van der Waals surface area contributed by atoms with Crippen molar-refractivity contribution in [1.29, 1.82) is 0 Å². The second-order valence-corrected chi connectivity index (χ2v) is 6.00. The van der Waals surface area contributed by atoms with Gasteiger partial charge in [-0.1, -0.05) is 20.3 Å². The van der Waals surface area contributed by atoms with Crippen LogP contribution < -0.4 is 4.72 Å². The molecule has 98 valence electrons. The van der Waals surface area contributed by atoms with Crippen LogP contribution in [-0.4, -0.2) is 30.1 Å². The van der Waals surface area contributed by atoms with Crippen molar-refractivity contribution in [2.75, 3.05) is 6.54 Å². The van der Waals surface area contributed by atoms with Crippen LogP contribution in [0, 0.1) is 5.92 Å². The van der Waals surface area contributed by atoms with Crippen LogP contribution in [0.4, 0.5) is 0 Å². The lowest BCUT2D eigenvalue weighted by molar-refractivity contribution is 0.527. The van der Waals surface area contributed by atoms with Gasteiger partial charge in [0.1, 0.15) is 0 Å². The SMILES string of the molecule is CCC(C)CNS(=O)(=O)c1[nH]nc2ncccc12. The molecule has 0 saturated carbocycles. The molecular weight excluding hydrogens is 252 g/mol. The molecule has 0 radical (unpaired) electrons. The maximum atomic E-state index is 12.1. The van der Waals surface area contributed by atoms with Gasteiger partial charge in [-0.05, 0) is 18.1 Å². The smallest absolute Gasteiger partial charge is 0.258 e. The fourth-order valence-corrected chi connectivity index (χ4v) is 2.76. The molecule has 0 aliphatic heterocycles. The lowest BCUT2D eigenvalue weighted by atomic mass is 10.1. The standard InChI is InChI=1S/C11H16N4O2S/c1-3-8(2)7-13-18(16,17)11-9-5-4-6-12-10(9)14-15-11/h4-6,8,13H,3,7H2,1-2H3,(H,12,14,15). The molecule has 2 rings (SSSR count). The van der Waals surface area contributed by atoms with Crippen LogP contribution >= 0.6 is 0 Å². The number of rotatable bonds is 5. The Kier molecular flexibility index (Phi) is 3.63. The summed E-state index contributed by atoms with van der Waals surface area (Å²) in [6.45, 7) is 4.43. The quantitative estimate of drug-likeness (QED) is 0.855. The molecule has 7 heteroatoms. The van der Waals surface area contributed by atoms with Crippen molar-refractivity contribution in [2.24, 2.45) is 5.92 Å². The van der Waals surface area contributed by atoms with Crippen LogP contribution in [0.5, 0.6) is 0 Å². The Hall–Kier alpha value is -1.47. The molecule has 0 fully saturated rings. The fraction of sp³-hybridized carbons (Fsp3) is 0.455. The third-order valence-electron chi connectivity index (χ3n) is 2.88. The fourth-order valence-electron chi connectivity index (χ4n) is 1.50. The summed E-state index contributed by atoms with van der Waals surface area (Å²) in [5.74, 6) is 0.298. The van der Waals surface area contributed by atoms with E-state index in [0.29, 0.717) is 23.5 Å².